The van der Waals surface area contributed by atoms with Gasteiger partial charge in [-0.1, -0.05) is 55.5 Å². The minimum Gasteiger partial charge on any atom is -0.282 e. The second kappa shape index (κ2) is 6.48. The minimum atomic E-state index is -4.28. The first-order valence-electron chi connectivity index (χ1n) is 8.92. The van der Waals surface area contributed by atoms with Crippen LogP contribution in [0.3, 0.4) is 0 Å². The predicted molar refractivity (Wildman–Crippen MR) is 111 cm³/mol. The number of aryl methyl sites for hydroxylation is 1. The summed E-state index contributed by atoms with van der Waals surface area (Å²) in [6.07, 6.45) is 0.510. The summed E-state index contributed by atoms with van der Waals surface area (Å²) < 4.78 is 33.5. The molecule has 0 aromatic heterocycles. The van der Waals surface area contributed by atoms with E-state index < -0.39 is 10.1 Å². The quantitative estimate of drug-likeness (QED) is 0.364. The molecule has 0 aliphatic rings. The van der Waals surface area contributed by atoms with Crippen LogP contribution in [-0.2, 0) is 16.5 Å². The van der Waals surface area contributed by atoms with Gasteiger partial charge in [-0.15, -0.1) is 0 Å². The number of rotatable bonds is 3. The largest absolute Gasteiger partial charge is 0.294 e. The zero-order valence-electron chi connectivity index (χ0n) is 15.2. The molecule has 0 aliphatic carbocycles. The highest BCUT2D eigenvalue weighted by atomic mass is 32.2. The molecule has 4 aromatic rings. The highest BCUT2D eigenvalue weighted by Crippen LogP contribution is 2.38. The number of fused-ring (bicyclic) bond motifs is 2. The number of hydrogen-bond acceptors (Lipinski definition) is 2. The topological polar surface area (TPSA) is 54.4 Å². The van der Waals surface area contributed by atoms with Crippen LogP contribution in [0.5, 0.6) is 0 Å². The molecule has 4 rings (SSSR count). The van der Waals surface area contributed by atoms with Gasteiger partial charge < -0.3 is 0 Å². The standard InChI is InChI=1S/C23H20O3S/c1-3-19-22(27(24,25)26)12-11-15(2)23(19)20-10-6-9-18-13-16-7-4-5-8-17(16)14-21(18)20/h4-14H,3H2,1-2H3,(H,24,25,26). The lowest BCUT2D eigenvalue weighted by atomic mass is 9.89. The van der Waals surface area contributed by atoms with Gasteiger partial charge in [0.25, 0.3) is 10.1 Å². The van der Waals surface area contributed by atoms with E-state index in [2.05, 4.69) is 30.3 Å². The van der Waals surface area contributed by atoms with Crippen LogP contribution < -0.4 is 0 Å². The van der Waals surface area contributed by atoms with Crippen molar-refractivity contribution in [1.29, 1.82) is 0 Å². The molecule has 136 valence electrons. The second-order valence-electron chi connectivity index (χ2n) is 6.79. The van der Waals surface area contributed by atoms with Gasteiger partial charge >= 0.3 is 0 Å². The molecule has 0 bridgehead atoms. The Morgan fingerprint density at radius 2 is 1.52 bits per heavy atom. The molecule has 0 unspecified atom stereocenters. The third kappa shape index (κ3) is 3.01. The Labute approximate surface area is 159 Å². The molecule has 0 amide bonds. The van der Waals surface area contributed by atoms with Gasteiger partial charge in [0.05, 0.1) is 4.90 Å². The van der Waals surface area contributed by atoms with Gasteiger partial charge in [-0.3, -0.25) is 4.55 Å². The van der Waals surface area contributed by atoms with Gasteiger partial charge in [0.2, 0.25) is 0 Å². The van der Waals surface area contributed by atoms with E-state index >= 15 is 0 Å². The van der Waals surface area contributed by atoms with Crippen molar-refractivity contribution in [3.63, 3.8) is 0 Å². The molecule has 0 saturated heterocycles. The lowest BCUT2D eigenvalue weighted by Crippen LogP contribution is -2.05. The van der Waals surface area contributed by atoms with E-state index in [1.54, 1.807) is 6.07 Å². The monoisotopic (exact) mass is 376 g/mol. The molecule has 4 heteroatoms. The van der Waals surface area contributed by atoms with Crippen LogP contribution in [0, 0.1) is 6.92 Å². The fraction of sp³-hybridized carbons (Fsp3) is 0.130. The molecule has 0 saturated carbocycles. The summed E-state index contributed by atoms with van der Waals surface area (Å²) in [5, 5.41) is 4.48. The highest BCUT2D eigenvalue weighted by Gasteiger charge is 2.20. The van der Waals surface area contributed by atoms with E-state index in [1.807, 2.05) is 38.1 Å². The third-order valence-electron chi connectivity index (χ3n) is 5.13. The van der Waals surface area contributed by atoms with Crippen molar-refractivity contribution >= 4 is 31.7 Å². The molecule has 0 spiro atoms. The van der Waals surface area contributed by atoms with Gasteiger partial charge in [0.1, 0.15) is 0 Å². The zero-order chi connectivity index (χ0) is 19.2. The van der Waals surface area contributed by atoms with Crippen LogP contribution >= 0.6 is 0 Å². The van der Waals surface area contributed by atoms with Crippen molar-refractivity contribution in [2.45, 2.75) is 25.2 Å². The smallest absolute Gasteiger partial charge is 0.282 e. The van der Waals surface area contributed by atoms with Crippen molar-refractivity contribution in [2.24, 2.45) is 0 Å². The normalized spacial score (nSPS) is 12.0. The molecule has 0 heterocycles. The van der Waals surface area contributed by atoms with Crippen molar-refractivity contribution in [1.82, 2.24) is 0 Å². The summed E-state index contributed by atoms with van der Waals surface area (Å²) in [5.74, 6) is 0. The number of benzene rings is 4. The van der Waals surface area contributed by atoms with Gasteiger partial charge in [-0.2, -0.15) is 8.42 Å². The summed E-state index contributed by atoms with van der Waals surface area (Å²) in [6.45, 7) is 3.88. The average Bonchev–Trinajstić information content (AvgIpc) is 2.64. The summed E-state index contributed by atoms with van der Waals surface area (Å²) in [7, 11) is -4.28. The SMILES string of the molecule is CCc1c(S(=O)(=O)O)ccc(C)c1-c1cccc2cc3ccccc3cc12. The van der Waals surface area contributed by atoms with Crippen LogP contribution in [0.1, 0.15) is 18.1 Å². The molecular weight excluding hydrogens is 356 g/mol. The maximum absolute atomic E-state index is 11.9. The van der Waals surface area contributed by atoms with Crippen LogP contribution in [0.25, 0.3) is 32.7 Å². The van der Waals surface area contributed by atoms with E-state index in [0.717, 1.165) is 32.8 Å². The highest BCUT2D eigenvalue weighted by molar-refractivity contribution is 7.85. The van der Waals surface area contributed by atoms with Crippen LogP contribution in [0.15, 0.2) is 71.6 Å². The van der Waals surface area contributed by atoms with Crippen molar-refractivity contribution in [2.75, 3.05) is 0 Å². The Morgan fingerprint density at radius 3 is 2.19 bits per heavy atom. The first-order valence-corrected chi connectivity index (χ1v) is 10.4. The summed E-state index contributed by atoms with van der Waals surface area (Å²) in [4.78, 5) is -0.0107. The molecular formula is C23H20O3S. The third-order valence-corrected chi connectivity index (χ3v) is 6.06. The molecule has 0 atom stereocenters. The van der Waals surface area contributed by atoms with Crippen LogP contribution in [0.2, 0.25) is 0 Å². The Balaban J connectivity index is 2.13. The number of hydrogen-bond donors (Lipinski definition) is 1. The zero-order valence-corrected chi connectivity index (χ0v) is 16.0. The summed E-state index contributed by atoms with van der Waals surface area (Å²) in [5.41, 5.74) is 3.50. The maximum Gasteiger partial charge on any atom is 0.294 e. The Hall–Kier alpha value is -2.69. The van der Waals surface area contributed by atoms with Crippen molar-refractivity contribution in [3.05, 3.63) is 77.9 Å². The van der Waals surface area contributed by atoms with Crippen LogP contribution in [0.4, 0.5) is 0 Å². The first-order chi connectivity index (χ1) is 12.9. The van der Waals surface area contributed by atoms with Gasteiger partial charge in [-0.05, 0) is 75.3 Å². The van der Waals surface area contributed by atoms with Gasteiger partial charge in [0, 0.05) is 0 Å². The summed E-state index contributed by atoms with van der Waals surface area (Å²) >= 11 is 0. The fourth-order valence-corrected chi connectivity index (χ4v) is 4.70. The second-order valence-corrected chi connectivity index (χ2v) is 8.18. The molecule has 3 nitrogen and oxygen atoms in total. The minimum absolute atomic E-state index is 0.0107. The van der Waals surface area contributed by atoms with E-state index in [-0.39, 0.29) is 4.90 Å². The van der Waals surface area contributed by atoms with E-state index in [9.17, 15) is 13.0 Å². The Bertz CT molecular complexity index is 1290. The summed E-state index contributed by atoms with van der Waals surface area (Å²) in [6, 6.07) is 21.8. The lowest BCUT2D eigenvalue weighted by molar-refractivity contribution is 0.482. The molecule has 1 N–H and O–H groups in total. The van der Waals surface area contributed by atoms with Crippen molar-refractivity contribution < 1.29 is 13.0 Å². The Morgan fingerprint density at radius 1 is 0.852 bits per heavy atom. The first kappa shape index (κ1) is 17.7. The van der Waals surface area contributed by atoms with E-state index in [4.69, 9.17) is 0 Å². The maximum atomic E-state index is 11.9. The fourth-order valence-electron chi connectivity index (χ4n) is 3.90. The van der Waals surface area contributed by atoms with Crippen LogP contribution in [-0.4, -0.2) is 13.0 Å². The van der Waals surface area contributed by atoms with Gasteiger partial charge in [0.15, 0.2) is 0 Å². The predicted octanol–water partition coefficient (Wildman–Crippen LogP) is 5.78. The van der Waals surface area contributed by atoms with Gasteiger partial charge in [-0.25, -0.2) is 0 Å². The molecule has 4 aromatic carbocycles. The molecule has 0 fully saturated rings. The molecule has 0 aliphatic heterocycles. The molecule has 0 radical (unpaired) electrons. The van der Waals surface area contributed by atoms with Crippen molar-refractivity contribution in [3.8, 4) is 11.1 Å². The molecule has 27 heavy (non-hydrogen) atoms. The van der Waals surface area contributed by atoms with E-state index in [0.29, 0.717) is 12.0 Å². The lowest BCUT2D eigenvalue weighted by Gasteiger charge is -2.17. The van der Waals surface area contributed by atoms with E-state index in [1.165, 1.54) is 11.5 Å². The Kier molecular flexibility index (Phi) is 4.25. The average molecular weight is 376 g/mol.